The van der Waals surface area contributed by atoms with Crippen molar-refractivity contribution >= 4 is 21.9 Å². The van der Waals surface area contributed by atoms with Crippen molar-refractivity contribution in [1.29, 1.82) is 0 Å². The molecule has 0 aromatic heterocycles. The maximum atomic E-state index is 12.0. The van der Waals surface area contributed by atoms with E-state index >= 15 is 0 Å². The van der Waals surface area contributed by atoms with E-state index in [2.05, 4.69) is 0 Å². The number of hydrogen-bond acceptors (Lipinski definition) is 4. The van der Waals surface area contributed by atoms with Crippen LogP contribution in [0.3, 0.4) is 0 Å². The molecule has 0 aliphatic heterocycles. The summed E-state index contributed by atoms with van der Waals surface area (Å²) < 4.78 is 25.6. The molecule has 0 saturated carbocycles. The normalized spacial score (nSPS) is 17.3. The summed E-state index contributed by atoms with van der Waals surface area (Å²) in [6.45, 7) is 1.99. The maximum Gasteiger partial charge on any atom is 0.170 e. The molecule has 0 amide bonds. The van der Waals surface area contributed by atoms with Crippen LogP contribution in [0.5, 0.6) is 0 Å². The fourth-order valence-electron chi connectivity index (χ4n) is 2.42. The van der Waals surface area contributed by atoms with Crippen molar-refractivity contribution in [2.45, 2.75) is 17.9 Å². The van der Waals surface area contributed by atoms with E-state index in [1.165, 1.54) is 0 Å². The van der Waals surface area contributed by atoms with Crippen LogP contribution in [-0.2, 0) is 20.6 Å². The first-order valence-corrected chi connectivity index (χ1v) is 7.75. The van der Waals surface area contributed by atoms with Crippen molar-refractivity contribution in [3.05, 3.63) is 48.0 Å². The molecule has 2 aromatic carbocycles. The third-order valence-electron chi connectivity index (χ3n) is 3.56. The Bertz CT molecular complexity index is 641. The van der Waals surface area contributed by atoms with Crippen LogP contribution in [0.2, 0.25) is 0 Å². The molecule has 6 heteroatoms. The van der Waals surface area contributed by atoms with E-state index in [9.17, 15) is 13.9 Å². The second-order valence-electron chi connectivity index (χ2n) is 4.75. The van der Waals surface area contributed by atoms with E-state index in [0.29, 0.717) is 12.2 Å². The predicted octanol–water partition coefficient (Wildman–Crippen LogP) is 1.57. The monoisotopic (exact) mass is 309 g/mol. The molecule has 0 spiro atoms. The van der Waals surface area contributed by atoms with E-state index < -0.39 is 22.1 Å². The molecule has 0 fully saturated rings. The Morgan fingerprint density at radius 3 is 2.57 bits per heavy atom. The highest BCUT2D eigenvalue weighted by Crippen LogP contribution is 2.35. The fraction of sp³-hybridized carbons (Fsp3) is 0.333. The number of rotatable bonds is 6. The van der Waals surface area contributed by atoms with E-state index in [-0.39, 0.29) is 6.61 Å². The van der Waals surface area contributed by atoms with Crippen LogP contribution >= 0.6 is 0 Å². The zero-order chi connectivity index (χ0) is 15.5. The van der Waals surface area contributed by atoms with Crippen LogP contribution in [0.25, 0.3) is 10.8 Å². The average Bonchev–Trinajstić information content (AvgIpc) is 2.47. The lowest BCUT2D eigenvalue weighted by Gasteiger charge is -2.33. The Kier molecular flexibility index (Phi) is 5.08. The van der Waals surface area contributed by atoms with Gasteiger partial charge in [-0.25, -0.2) is 4.21 Å². The molecule has 4 N–H and O–H groups in total. The van der Waals surface area contributed by atoms with Gasteiger partial charge in [0, 0.05) is 6.61 Å². The van der Waals surface area contributed by atoms with Gasteiger partial charge in [-0.2, -0.15) is 0 Å². The van der Waals surface area contributed by atoms with Gasteiger partial charge in [-0.3, -0.25) is 0 Å². The molecular formula is C15H19NO4S. The number of ether oxygens (including phenoxy) is 1. The van der Waals surface area contributed by atoms with Crippen molar-refractivity contribution in [2.75, 3.05) is 13.2 Å². The third kappa shape index (κ3) is 2.86. The van der Waals surface area contributed by atoms with Crippen LogP contribution in [0.15, 0.2) is 42.5 Å². The van der Waals surface area contributed by atoms with Gasteiger partial charge in [0.25, 0.3) is 0 Å². The molecule has 5 nitrogen and oxygen atoms in total. The summed E-state index contributed by atoms with van der Waals surface area (Å²) >= 11 is -2.40. The lowest BCUT2D eigenvalue weighted by molar-refractivity contribution is 0.0487. The quantitative estimate of drug-likeness (QED) is 0.556. The van der Waals surface area contributed by atoms with Gasteiger partial charge in [0.2, 0.25) is 0 Å². The summed E-state index contributed by atoms with van der Waals surface area (Å²) in [6, 6.07) is 12.8. The number of aliphatic hydroxyl groups excluding tert-OH is 1. The van der Waals surface area contributed by atoms with Crippen LogP contribution in [-0.4, -0.2) is 33.3 Å². The lowest BCUT2D eigenvalue weighted by atomic mass is 9.92. The minimum Gasteiger partial charge on any atom is -0.380 e. The number of hydrogen-bond donors (Lipinski definition) is 3. The molecule has 0 heterocycles. The molecule has 0 saturated heterocycles. The Morgan fingerprint density at radius 1 is 1.29 bits per heavy atom. The Hall–Kier alpha value is -1.31. The highest BCUT2D eigenvalue weighted by molar-refractivity contribution is 7.80. The first kappa shape index (κ1) is 16.1. The molecule has 1 unspecified atom stereocenters. The first-order chi connectivity index (χ1) is 10.0. The summed E-state index contributed by atoms with van der Waals surface area (Å²) in [5, 5.41) is 11.7. The van der Waals surface area contributed by atoms with Crippen LogP contribution in [0.1, 0.15) is 12.5 Å². The van der Waals surface area contributed by atoms with Crippen molar-refractivity contribution in [3.8, 4) is 0 Å². The van der Waals surface area contributed by atoms with Gasteiger partial charge in [-0.15, -0.1) is 0 Å². The zero-order valence-electron chi connectivity index (χ0n) is 11.7. The van der Waals surface area contributed by atoms with Crippen molar-refractivity contribution in [2.24, 2.45) is 5.73 Å². The lowest BCUT2D eigenvalue weighted by Crippen LogP contribution is -2.52. The highest BCUT2D eigenvalue weighted by atomic mass is 32.2. The molecule has 114 valence electrons. The minimum atomic E-state index is -2.40. The van der Waals surface area contributed by atoms with Crippen molar-refractivity contribution < 1.29 is 18.6 Å². The van der Waals surface area contributed by atoms with Crippen LogP contribution in [0, 0.1) is 0 Å². The van der Waals surface area contributed by atoms with E-state index in [4.69, 9.17) is 10.5 Å². The van der Waals surface area contributed by atoms with Gasteiger partial charge < -0.3 is 20.1 Å². The summed E-state index contributed by atoms with van der Waals surface area (Å²) in [5.41, 5.74) is 6.16. The van der Waals surface area contributed by atoms with Gasteiger partial charge in [0.1, 0.15) is 6.23 Å². The topological polar surface area (TPSA) is 92.8 Å². The second-order valence-corrected chi connectivity index (χ2v) is 5.97. The largest absolute Gasteiger partial charge is 0.380 e. The van der Waals surface area contributed by atoms with Gasteiger partial charge in [0.15, 0.2) is 15.8 Å². The fourth-order valence-corrected chi connectivity index (χ4v) is 3.18. The summed E-state index contributed by atoms with van der Waals surface area (Å²) in [7, 11) is 0. The smallest absolute Gasteiger partial charge is 0.170 e. The summed E-state index contributed by atoms with van der Waals surface area (Å²) in [5.74, 6) is 0. The number of benzene rings is 2. The Morgan fingerprint density at radius 2 is 1.95 bits per heavy atom. The van der Waals surface area contributed by atoms with Gasteiger partial charge >= 0.3 is 0 Å². The molecule has 0 radical (unpaired) electrons. The van der Waals surface area contributed by atoms with E-state index in [1.54, 1.807) is 19.1 Å². The van der Waals surface area contributed by atoms with Crippen molar-refractivity contribution in [1.82, 2.24) is 0 Å². The SMILES string of the molecule is CCOC[C@](c1cccc2ccccc12)([C@@H](N)O)S(=O)O. The number of nitrogens with two attached hydrogens (primary N) is 1. The second kappa shape index (κ2) is 6.64. The van der Waals surface area contributed by atoms with Crippen LogP contribution < -0.4 is 5.73 Å². The van der Waals surface area contributed by atoms with E-state index in [0.717, 1.165) is 10.8 Å². The standard InChI is InChI=1S/C15H19NO4S/c1-2-20-10-15(14(16)17,21(18)19)13-9-5-7-11-6-3-4-8-12(11)13/h3-9,14,17H,2,10,16H2,1H3,(H,18,19)/t14-,15-/m0/s1. The van der Waals surface area contributed by atoms with Gasteiger partial charge in [-0.1, -0.05) is 42.5 Å². The predicted molar refractivity (Wildman–Crippen MR) is 83.1 cm³/mol. The van der Waals surface area contributed by atoms with Crippen molar-refractivity contribution in [3.63, 3.8) is 0 Å². The Balaban J connectivity index is 2.71. The molecule has 0 aliphatic carbocycles. The molecular weight excluding hydrogens is 290 g/mol. The van der Waals surface area contributed by atoms with Crippen LogP contribution in [0.4, 0.5) is 0 Å². The summed E-state index contributed by atoms with van der Waals surface area (Å²) in [4.78, 5) is 0. The molecule has 21 heavy (non-hydrogen) atoms. The first-order valence-electron chi connectivity index (χ1n) is 6.64. The highest BCUT2D eigenvalue weighted by Gasteiger charge is 2.45. The molecule has 2 rings (SSSR count). The average molecular weight is 309 g/mol. The molecule has 2 aromatic rings. The van der Waals surface area contributed by atoms with Gasteiger partial charge in [0.05, 0.1) is 6.61 Å². The zero-order valence-corrected chi connectivity index (χ0v) is 12.5. The number of fused-ring (bicyclic) bond motifs is 1. The maximum absolute atomic E-state index is 12.0. The van der Waals surface area contributed by atoms with E-state index in [1.807, 2.05) is 30.3 Å². The minimum absolute atomic E-state index is 0.141. The molecule has 3 atom stereocenters. The Labute approximate surface area is 126 Å². The third-order valence-corrected chi connectivity index (χ3v) is 4.76. The summed E-state index contributed by atoms with van der Waals surface area (Å²) in [6.07, 6.45) is -1.53. The van der Waals surface area contributed by atoms with Gasteiger partial charge in [-0.05, 0) is 23.3 Å². The molecule has 0 aliphatic rings. The number of aliphatic hydroxyl groups is 1. The molecule has 0 bridgehead atoms.